The second kappa shape index (κ2) is 20.3. The number of allylic oxidation sites excluding steroid dienone is 1. The van der Waals surface area contributed by atoms with Gasteiger partial charge in [-0.3, -0.25) is 4.99 Å². The summed E-state index contributed by atoms with van der Waals surface area (Å²) in [6.45, 7) is 21.4. The Morgan fingerprint density at radius 1 is 1.09 bits per heavy atom. The van der Waals surface area contributed by atoms with Crippen LogP contribution in [-0.4, -0.2) is 42.8 Å². The van der Waals surface area contributed by atoms with E-state index in [1.807, 2.05) is 26.8 Å². The smallest absolute Gasteiger partial charge is 0.0224 e. The first-order chi connectivity index (χ1) is 10.2. The van der Waals surface area contributed by atoms with Crippen LogP contribution in [0.3, 0.4) is 0 Å². The third-order valence-corrected chi connectivity index (χ3v) is 2.74. The van der Waals surface area contributed by atoms with Crippen LogP contribution in [0, 0.1) is 0 Å². The van der Waals surface area contributed by atoms with Gasteiger partial charge in [-0.1, -0.05) is 33.8 Å². The molecule has 134 valence electrons. The third-order valence-electron chi connectivity index (χ3n) is 2.74. The van der Waals surface area contributed by atoms with Crippen LogP contribution in [-0.2, 0) is 0 Å². The van der Waals surface area contributed by atoms with Gasteiger partial charge in [0.05, 0.1) is 0 Å². The van der Waals surface area contributed by atoms with E-state index in [1.165, 1.54) is 19.4 Å². The fraction of sp³-hybridized carbons (Fsp3) is 0.842. The van der Waals surface area contributed by atoms with Gasteiger partial charge in [0.25, 0.3) is 0 Å². The minimum absolute atomic E-state index is 0.653. The molecule has 0 amide bonds. The lowest BCUT2D eigenvalue weighted by molar-refractivity contribution is 0.275. The maximum atomic E-state index is 3.98. The Hall–Kier alpha value is -0.670. The van der Waals surface area contributed by atoms with E-state index in [0.29, 0.717) is 12.1 Å². The highest BCUT2D eigenvalue weighted by molar-refractivity contribution is 5.79. The van der Waals surface area contributed by atoms with E-state index in [-0.39, 0.29) is 0 Å². The largest absolute Gasteiger partial charge is 0.315 e. The number of nitrogens with zero attached hydrogens (tertiary/aromatic N) is 2. The molecule has 3 nitrogen and oxygen atoms in total. The lowest BCUT2D eigenvalue weighted by Crippen LogP contribution is -2.26. The molecule has 0 aliphatic heterocycles. The fourth-order valence-corrected chi connectivity index (χ4v) is 1.27. The van der Waals surface area contributed by atoms with E-state index in [9.17, 15) is 0 Å². The first kappa shape index (κ1) is 26.2. The highest BCUT2D eigenvalue weighted by Gasteiger charge is 1.98. The summed E-state index contributed by atoms with van der Waals surface area (Å²) in [6, 6.07) is 1.36. The molecule has 22 heavy (non-hydrogen) atoms. The highest BCUT2D eigenvalue weighted by Crippen LogP contribution is 1.93. The average Bonchev–Trinajstić information content (AvgIpc) is 2.44. The standard InChI is InChI=1S/C7H17N.C6H15N.C6H11N/c1-5-6-8(4)7(2)3;2*1-4-5-7-6(2)3/h7H,5-6H2,1-4H3;6-7H,4-5H2,1-3H3;4-5H,1-3H3/b;;5-4-. The molecular weight excluding hydrogens is 270 g/mol. The summed E-state index contributed by atoms with van der Waals surface area (Å²) in [5, 5.41) is 3.30. The molecule has 0 aliphatic carbocycles. The molecule has 0 unspecified atom stereocenters. The maximum absolute atomic E-state index is 3.98. The van der Waals surface area contributed by atoms with Crippen LogP contribution in [0.25, 0.3) is 0 Å². The summed E-state index contributed by atoms with van der Waals surface area (Å²) in [6.07, 6.45) is 6.19. The molecule has 0 saturated heterocycles. The van der Waals surface area contributed by atoms with Crippen LogP contribution in [0.2, 0.25) is 0 Å². The second-order valence-corrected chi connectivity index (χ2v) is 6.24. The van der Waals surface area contributed by atoms with Crippen molar-refractivity contribution in [2.45, 2.75) is 87.2 Å². The zero-order chi connectivity index (χ0) is 18.0. The van der Waals surface area contributed by atoms with Crippen LogP contribution in [0.5, 0.6) is 0 Å². The van der Waals surface area contributed by atoms with Crippen molar-refractivity contribution in [3.8, 4) is 0 Å². The van der Waals surface area contributed by atoms with E-state index in [1.54, 1.807) is 6.20 Å². The SMILES string of the molecule is C/C=C\N=C(C)C.CCCN(C)C(C)C.CCCNC(C)C. The van der Waals surface area contributed by atoms with Gasteiger partial charge in [-0.2, -0.15) is 0 Å². The zero-order valence-corrected chi connectivity index (χ0v) is 17.0. The van der Waals surface area contributed by atoms with Crippen molar-refractivity contribution in [1.29, 1.82) is 0 Å². The number of hydrogen-bond acceptors (Lipinski definition) is 3. The van der Waals surface area contributed by atoms with Gasteiger partial charge in [-0.15, -0.1) is 0 Å². The highest BCUT2D eigenvalue weighted by atomic mass is 15.1. The topological polar surface area (TPSA) is 27.6 Å². The van der Waals surface area contributed by atoms with Gasteiger partial charge in [0.2, 0.25) is 0 Å². The Kier molecular flexibility index (Phi) is 24.2. The van der Waals surface area contributed by atoms with Crippen molar-refractivity contribution in [2.75, 3.05) is 20.1 Å². The minimum Gasteiger partial charge on any atom is -0.315 e. The summed E-state index contributed by atoms with van der Waals surface area (Å²) in [5.74, 6) is 0. The molecule has 0 aromatic rings. The van der Waals surface area contributed by atoms with Crippen molar-refractivity contribution in [1.82, 2.24) is 10.2 Å². The lowest BCUT2D eigenvalue weighted by Gasteiger charge is -2.19. The fourth-order valence-electron chi connectivity index (χ4n) is 1.27. The molecule has 0 aromatic heterocycles. The summed E-state index contributed by atoms with van der Waals surface area (Å²) in [4.78, 5) is 6.33. The first-order valence-electron chi connectivity index (χ1n) is 8.78. The molecule has 0 atom stereocenters. The molecule has 0 bridgehead atoms. The van der Waals surface area contributed by atoms with Gasteiger partial charge in [-0.05, 0) is 67.6 Å². The van der Waals surface area contributed by atoms with E-state index in [4.69, 9.17) is 0 Å². The number of rotatable bonds is 7. The Morgan fingerprint density at radius 2 is 1.64 bits per heavy atom. The summed E-state index contributed by atoms with van der Waals surface area (Å²) in [5.41, 5.74) is 1.10. The molecule has 1 N–H and O–H groups in total. The van der Waals surface area contributed by atoms with Gasteiger partial charge in [0.15, 0.2) is 0 Å². The molecule has 0 fully saturated rings. The van der Waals surface area contributed by atoms with E-state index >= 15 is 0 Å². The molecule has 0 rings (SSSR count). The van der Waals surface area contributed by atoms with E-state index in [0.717, 1.165) is 12.3 Å². The van der Waals surface area contributed by atoms with Crippen molar-refractivity contribution in [3.63, 3.8) is 0 Å². The van der Waals surface area contributed by atoms with Crippen LogP contribution in [0.4, 0.5) is 0 Å². The Morgan fingerprint density at radius 3 is 1.77 bits per heavy atom. The van der Waals surface area contributed by atoms with Gasteiger partial charge >= 0.3 is 0 Å². The molecule has 0 saturated carbocycles. The summed E-state index contributed by atoms with van der Waals surface area (Å²) in [7, 11) is 2.16. The molecule has 0 heterocycles. The van der Waals surface area contributed by atoms with Gasteiger partial charge in [-0.25, -0.2) is 0 Å². The lowest BCUT2D eigenvalue weighted by atomic mass is 10.3. The van der Waals surface area contributed by atoms with Crippen LogP contribution >= 0.6 is 0 Å². The normalized spacial score (nSPS) is 10.4. The third kappa shape index (κ3) is 31.6. The molecule has 0 aromatic carbocycles. The molecular formula is C19H43N3. The zero-order valence-electron chi connectivity index (χ0n) is 17.0. The van der Waals surface area contributed by atoms with Crippen molar-refractivity contribution < 1.29 is 0 Å². The first-order valence-corrected chi connectivity index (χ1v) is 8.78. The van der Waals surface area contributed by atoms with E-state index in [2.05, 4.69) is 63.8 Å². The van der Waals surface area contributed by atoms with Crippen molar-refractivity contribution in [2.24, 2.45) is 4.99 Å². The number of nitrogens with one attached hydrogen (secondary N) is 1. The molecule has 3 heteroatoms. The molecule has 0 spiro atoms. The van der Waals surface area contributed by atoms with Gasteiger partial charge in [0, 0.05) is 24.0 Å². The monoisotopic (exact) mass is 313 g/mol. The van der Waals surface area contributed by atoms with Gasteiger partial charge < -0.3 is 10.2 Å². The van der Waals surface area contributed by atoms with Gasteiger partial charge in [0.1, 0.15) is 0 Å². The second-order valence-electron chi connectivity index (χ2n) is 6.24. The van der Waals surface area contributed by atoms with Crippen LogP contribution in [0.1, 0.15) is 75.2 Å². The van der Waals surface area contributed by atoms with Crippen molar-refractivity contribution in [3.05, 3.63) is 12.3 Å². The predicted octanol–water partition coefficient (Wildman–Crippen LogP) is 5.13. The number of hydrogen-bond donors (Lipinski definition) is 1. The minimum atomic E-state index is 0.653. The van der Waals surface area contributed by atoms with E-state index < -0.39 is 0 Å². The Bertz CT molecular complexity index is 251. The Balaban J connectivity index is -0.000000247. The summed E-state index contributed by atoms with van der Waals surface area (Å²) >= 11 is 0. The number of aliphatic imine (C=N–C) groups is 1. The van der Waals surface area contributed by atoms with Crippen LogP contribution < -0.4 is 5.32 Å². The molecule has 0 aliphatic rings. The molecule has 0 radical (unpaired) electrons. The maximum Gasteiger partial charge on any atom is 0.0224 e. The predicted molar refractivity (Wildman–Crippen MR) is 105 cm³/mol. The average molecular weight is 314 g/mol. The Labute approximate surface area is 141 Å². The van der Waals surface area contributed by atoms with Crippen molar-refractivity contribution >= 4 is 5.71 Å². The quantitative estimate of drug-likeness (QED) is 0.660. The van der Waals surface area contributed by atoms with Crippen LogP contribution in [0.15, 0.2) is 17.3 Å². The summed E-state index contributed by atoms with van der Waals surface area (Å²) < 4.78 is 0.